The van der Waals surface area contributed by atoms with Crippen LogP contribution in [0.2, 0.25) is 0 Å². The van der Waals surface area contributed by atoms with Crippen molar-refractivity contribution in [2.24, 2.45) is 11.8 Å². The van der Waals surface area contributed by atoms with Crippen LogP contribution in [0.15, 0.2) is 12.1 Å². The fourth-order valence-electron chi connectivity index (χ4n) is 3.99. The molecule has 27 heavy (non-hydrogen) atoms. The molecule has 2 fully saturated rings. The minimum Gasteiger partial charge on any atom is -0.384 e. The zero-order chi connectivity index (χ0) is 19.6. The van der Waals surface area contributed by atoms with Crippen molar-refractivity contribution in [3.05, 3.63) is 34.9 Å². The summed E-state index contributed by atoms with van der Waals surface area (Å²) in [4.78, 5) is 0. The minimum absolute atomic E-state index is 0.00285. The molecule has 152 valence electrons. The third kappa shape index (κ3) is 5.28. The highest BCUT2D eigenvalue weighted by atomic mass is 35.5. The molecule has 1 saturated heterocycles. The van der Waals surface area contributed by atoms with Gasteiger partial charge in [0.05, 0.1) is 11.2 Å². The summed E-state index contributed by atoms with van der Waals surface area (Å²) in [6, 6.07) is 2.05. The van der Waals surface area contributed by atoms with Gasteiger partial charge < -0.3 is 4.74 Å². The second kappa shape index (κ2) is 9.14. The second-order valence-electron chi connectivity index (χ2n) is 7.33. The number of rotatable bonds is 5. The van der Waals surface area contributed by atoms with Crippen LogP contribution in [0.4, 0.5) is 17.6 Å². The Hall–Kier alpha value is -0.110. The zero-order valence-electron chi connectivity index (χ0n) is 15.0. The highest BCUT2D eigenvalue weighted by molar-refractivity contribution is 8.17. The molecule has 1 nitrogen and oxygen atoms in total. The molecule has 8 heteroatoms. The summed E-state index contributed by atoms with van der Waals surface area (Å²) in [6.07, 6.45) is 3.61. The Morgan fingerprint density at radius 1 is 1.07 bits per heavy atom. The molecule has 0 unspecified atom stereocenters. The summed E-state index contributed by atoms with van der Waals surface area (Å²) < 4.78 is 60.1. The van der Waals surface area contributed by atoms with E-state index in [0.717, 1.165) is 55.9 Å². The first-order valence-electron chi connectivity index (χ1n) is 9.08. The van der Waals surface area contributed by atoms with Crippen LogP contribution in [0.5, 0.6) is 0 Å². The lowest BCUT2D eigenvalue weighted by molar-refractivity contribution is 0.0858. The van der Waals surface area contributed by atoms with Crippen LogP contribution < -0.4 is 0 Å². The highest BCUT2D eigenvalue weighted by Gasteiger charge is 2.37. The predicted molar refractivity (Wildman–Crippen MR) is 105 cm³/mol. The average molecular weight is 443 g/mol. The maximum atomic E-state index is 14.0. The van der Waals surface area contributed by atoms with Gasteiger partial charge in [-0.25, -0.2) is 8.78 Å². The van der Waals surface area contributed by atoms with Gasteiger partial charge in [-0.3, -0.25) is 0 Å². The van der Waals surface area contributed by atoms with E-state index in [0.29, 0.717) is 22.0 Å². The Balaban J connectivity index is 1.58. The quantitative estimate of drug-likeness (QED) is 0.375. The molecule has 0 spiro atoms. The third-order valence-electron chi connectivity index (χ3n) is 5.37. The van der Waals surface area contributed by atoms with E-state index in [-0.39, 0.29) is 5.92 Å². The van der Waals surface area contributed by atoms with Crippen molar-refractivity contribution in [1.29, 1.82) is 0 Å². The molecule has 3 rings (SSSR count). The van der Waals surface area contributed by atoms with Crippen molar-refractivity contribution >= 4 is 35.1 Å². The van der Waals surface area contributed by atoms with E-state index < -0.39 is 22.6 Å². The average Bonchev–Trinajstić information content (AvgIpc) is 2.61. The van der Waals surface area contributed by atoms with Crippen LogP contribution in [-0.2, 0) is 10.1 Å². The number of hydrogen-bond donors (Lipinski definition) is 0. The van der Waals surface area contributed by atoms with Gasteiger partial charge in [0.1, 0.15) is 17.2 Å². The van der Waals surface area contributed by atoms with Crippen LogP contribution in [0.25, 0.3) is 0 Å². The molecule has 1 heterocycles. The normalized spacial score (nSPS) is 29.7. The molecule has 1 aliphatic carbocycles. The molecule has 0 atom stereocenters. The summed E-state index contributed by atoms with van der Waals surface area (Å²) in [5.74, 6) is 0.863. The molecule has 0 aromatic heterocycles. The molecular formula is C19H23ClF4OS2. The maximum Gasteiger partial charge on any atom is 0.353 e. The number of halogens is 5. The van der Waals surface area contributed by atoms with Crippen LogP contribution in [-0.4, -0.2) is 29.8 Å². The van der Waals surface area contributed by atoms with Crippen molar-refractivity contribution in [2.45, 2.75) is 41.6 Å². The summed E-state index contributed by atoms with van der Waals surface area (Å²) in [5.41, 5.74) is -0.903. The first kappa shape index (κ1) is 21.6. The Morgan fingerprint density at radius 3 is 2.11 bits per heavy atom. The third-order valence-corrected chi connectivity index (χ3v) is 9.13. The summed E-state index contributed by atoms with van der Waals surface area (Å²) in [6.45, 7) is 0.800. The van der Waals surface area contributed by atoms with Crippen molar-refractivity contribution in [3.63, 3.8) is 0 Å². The predicted octanol–water partition coefficient (Wildman–Crippen LogP) is 6.60. The van der Waals surface area contributed by atoms with Gasteiger partial charge >= 0.3 is 5.38 Å². The van der Waals surface area contributed by atoms with Crippen LogP contribution in [0.1, 0.15) is 42.7 Å². The molecule has 0 bridgehead atoms. The lowest BCUT2D eigenvalue weighted by atomic mass is 9.79. The first-order chi connectivity index (χ1) is 12.8. The first-order valence-corrected chi connectivity index (χ1v) is 11.6. The molecule has 0 radical (unpaired) electrons. The van der Waals surface area contributed by atoms with Crippen molar-refractivity contribution < 1.29 is 22.3 Å². The molecule has 1 aromatic rings. The molecule has 1 saturated carbocycles. The number of methoxy groups -OCH3 is 1. The largest absolute Gasteiger partial charge is 0.384 e. The molecule has 0 N–H and O–H groups in total. The van der Waals surface area contributed by atoms with E-state index in [2.05, 4.69) is 0 Å². The molecule has 1 aromatic carbocycles. The van der Waals surface area contributed by atoms with Crippen LogP contribution >= 0.6 is 35.1 Å². The Kier molecular flexibility index (Phi) is 7.31. The van der Waals surface area contributed by atoms with Gasteiger partial charge in [-0.05, 0) is 66.8 Å². The van der Waals surface area contributed by atoms with E-state index in [9.17, 15) is 17.6 Å². The van der Waals surface area contributed by atoms with E-state index in [1.807, 2.05) is 23.5 Å². The van der Waals surface area contributed by atoms with Gasteiger partial charge in [0.25, 0.3) is 0 Å². The topological polar surface area (TPSA) is 9.23 Å². The maximum absolute atomic E-state index is 14.0. The van der Waals surface area contributed by atoms with Gasteiger partial charge in [-0.2, -0.15) is 8.78 Å². The summed E-state index contributed by atoms with van der Waals surface area (Å²) in [5, 5.41) is -4.04. The van der Waals surface area contributed by atoms with Gasteiger partial charge in [0, 0.05) is 24.5 Å². The van der Waals surface area contributed by atoms with Crippen LogP contribution in [0, 0.1) is 23.5 Å². The van der Waals surface area contributed by atoms with E-state index in [1.165, 1.54) is 0 Å². The minimum atomic E-state index is -4.04. The molecule has 1 aliphatic heterocycles. The van der Waals surface area contributed by atoms with Crippen molar-refractivity contribution in [3.8, 4) is 0 Å². The van der Waals surface area contributed by atoms with Gasteiger partial charge in [0.15, 0.2) is 0 Å². The number of ether oxygens (including phenoxy) is 1. The molecule has 0 amide bonds. The second-order valence-corrected chi connectivity index (χ2v) is 10.4. The number of thioether (sulfide) groups is 2. The summed E-state index contributed by atoms with van der Waals surface area (Å²) in [7, 11) is 1.73. The summed E-state index contributed by atoms with van der Waals surface area (Å²) >= 11 is 8.80. The number of hydrogen-bond acceptors (Lipinski definition) is 3. The fourth-order valence-corrected chi connectivity index (χ4v) is 7.61. The fraction of sp³-hybridized carbons (Fsp3) is 0.684. The monoisotopic (exact) mass is 442 g/mol. The van der Waals surface area contributed by atoms with Gasteiger partial charge in [0.2, 0.25) is 0 Å². The molecular weight excluding hydrogens is 420 g/mol. The van der Waals surface area contributed by atoms with Crippen molar-refractivity contribution in [2.75, 3.05) is 25.2 Å². The van der Waals surface area contributed by atoms with E-state index >= 15 is 0 Å². The standard InChI is InChI=1S/C19H23ClF4OS2/c1-25-8-11-9-26-18(27-10-11)13-4-2-12(3-5-13)14-6-15(21)17(16(22)7-14)19(20,23)24/h6-7,11-13,18H,2-5,8-10H2,1H3. The van der Waals surface area contributed by atoms with Gasteiger partial charge in [-0.1, -0.05) is 0 Å². The Bertz CT molecular complexity index is 616. The lowest BCUT2D eigenvalue weighted by Gasteiger charge is -2.37. The number of benzene rings is 1. The highest BCUT2D eigenvalue weighted by Crippen LogP contribution is 2.47. The SMILES string of the molecule is COCC1CSC(C2CCC(c3cc(F)c(C(F)(F)Cl)c(F)c3)CC2)SC1. The van der Waals surface area contributed by atoms with Crippen LogP contribution in [0.3, 0.4) is 0 Å². The number of alkyl halides is 3. The lowest BCUT2D eigenvalue weighted by Crippen LogP contribution is -2.28. The van der Waals surface area contributed by atoms with E-state index in [4.69, 9.17) is 16.3 Å². The molecule has 2 aliphatic rings. The Labute approximate surface area is 170 Å². The van der Waals surface area contributed by atoms with Gasteiger partial charge in [-0.15, -0.1) is 23.5 Å². The smallest absolute Gasteiger partial charge is 0.353 e. The Morgan fingerprint density at radius 2 is 1.63 bits per heavy atom. The van der Waals surface area contributed by atoms with Crippen molar-refractivity contribution in [1.82, 2.24) is 0 Å². The zero-order valence-corrected chi connectivity index (χ0v) is 17.4. The van der Waals surface area contributed by atoms with E-state index in [1.54, 1.807) is 7.11 Å².